The van der Waals surface area contributed by atoms with Crippen molar-refractivity contribution in [1.82, 2.24) is 19.2 Å². The Hall–Kier alpha value is -2.64. The fourth-order valence-electron chi connectivity index (χ4n) is 2.54. The summed E-state index contributed by atoms with van der Waals surface area (Å²) in [6.45, 7) is 0. The molecule has 0 aliphatic heterocycles. The third-order valence-corrected chi connectivity index (χ3v) is 5.19. The zero-order valence-electron chi connectivity index (χ0n) is 13.3. The molecule has 0 radical (unpaired) electrons. The number of nitrogens with zero attached hydrogens (tertiary/aromatic N) is 4. The molecule has 0 fully saturated rings. The van der Waals surface area contributed by atoms with E-state index in [0.717, 1.165) is 11.3 Å². The van der Waals surface area contributed by atoms with Gasteiger partial charge in [0, 0.05) is 28.9 Å². The molecule has 0 saturated heterocycles. The summed E-state index contributed by atoms with van der Waals surface area (Å²) < 4.78 is 16.3. The number of aromatic nitrogens is 4. The molecule has 2 heterocycles. The molecule has 4 aromatic rings. The molecule has 0 amide bonds. The Balaban J connectivity index is 1.65. The van der Waals surface area contributed by atoms with Gasteiger partial charge in [-0.15, -0.1) is 10.2 Å². The zero-order valence-corrected chi connectivity index (χ0v) is 14.9. The molecule has 0 N–H and O–H groups in total. The molecule has 5 nitrogen and oxygen atoms in total. The number of hydrogen-bond donors (Lipinski definition) is 0. The lowest BCUT2D eigenvalue weighted by Gasteiger charge is -2.06. The van der Waals surface area contributed by atoms with Crippen LogP contribution in [0.5, 0.6) is 0 Å². The van der Waals surface area contributed by atoms with Crippen molar-refractivity contribution in [3.8, 4) is 5.69 Å². The predicted molar refractivity (Wildman–Crippen MR) is 99.6 cm³/mol. The van der Waals surface area contributed by atoms with Crippen molar-refractivity contribution in [1.29, 1.82) is 0 Å². The van der Waals surface area contributed by atoms with E-state index in [1.807, 2.05) is 30.3 Å². The first-order valence-electron chi connectivity index (χ1n) is 7.72. The Labute approximate surface area is 157 Å². The molecular formula is C18H12ClFN4OS. The second-order valence-corrected chi connectivity index (χ2v) is 6.86. The van der Waals surface area contributed by atoms with Crippen LogP contribution in [0.25, 0.3) is 11.3 Å². The summed E-state index contributed by atoms with van der Waals surface area (Å²) in [4.78, 5) is 12.7. The van der Waals surface area contributed by atoms with Gasteiger partial charge in [0.15, 0.2) is 5.16 Å². The summed E-state index contributed by atoms with van der Waals surface area (Å²) in [5.74, 6) is 0.111. The summed E-state index contributed by atoms with van der Waals surface area (Å²) in [5, 5.41) is 9.04. The normalized spacial score (nSPS) is 11.2. The predicted octanol–water partition coefficient (Wildman–Crippen LogP) is 3.97. The maximum Gasteiger partial charge on any atom is 0.300 e. The molecule has 0 saturated carbocycles. The molecule has 2 aromatic heterocycles. The minimum Gasteiger partial charge on any atom is -0.280 e. The van der Waals surface area contributed by atoms with Crippen LogP contribution in [0.15, 0.2) is 70.9 Å². The lowest BCUT2D eigenvalue weighted by Crippen LogP contribution is -2.20. The minimum absolute atomic E-state index is 0.240. The fourth-order valence-corrected chi connectivity index (χ4v) is 3.77. The summed E-state index contributed by atoms with van der Waals surface area (Å²) in [7, 11) is 0. The molecule has 0 spiro atoms. The van der Waals surface area contributed by atoms with E-state index < -0.39 is 0 Å². The van der Waals surface area contributed by atoms with Crippen LogP contribution in [0.4, 0.5) is 4.39 Å². The zero-order chi connectivity index (χ0) is 18.1. The highest BCUT2D eigenvalue weighted by molar-refractivity contribution is 7.98. The van der Waals surface area contributed by atoms with Gasteiger partial charge in [-0.2, -0.15) is 0 Å². The Bertz CT molecular complexity index is 1140. The molecule has 0 aliphatic carbocycles. The molecule has 0 aliphatic rings. The summed E-state index contributed by atoms with van der Waals surface area (Å²) in [6.07, 6.45) is 3.43. The van der Waals surface area contributed by atoms with Crippen LogP contribution in [-0.4, -0.2) is 19.2 Å². The van der Waals surface area contributed by atoms with Crippen molar-refractivity contribution in [3.63, 3.8) is 0 Å². The van der Waals surface area contributed by atoms with Crippen molar-refractivity contribution >= 4 is 29.0 Å². The van der Waals surface area contributed by atoms with Gasteiger partial charge in [-0.3, -0.25) is 13.8 Å². The van der Waals surface area contributed by atoms with E-state index in [1.54, 1.807) is 22.9 Å². The molecule has 26 heavy (non-hydrogen) atoms. The summed E-state index contributed by atoms with van der Waals surface area (Å²) in [5.41, 5.74) is 1.53. The highest BCUT2D eigenvalue weighted by Gasteiger charge is 2.13. The minimum atomic E-state index is -0.377. The molecule has 130 valence electrons. The van der Waals surface area contributed by atoms with Crippen LogP contribution < -0.4 is 5.56 Å². The molecule has 4 rings (SSSR count). The van der Waals surface area contributed by atoms with Gasteiger partial charge in [0.2, 0.25) is 5.65 Å². The average molecular weight is 387 g/mol. The molecule has 2 aromatic carbocycles. The van der Waals surface area contributed by atoms with Gasteiger partial charge in [0.25, 0.3) is 0 Å². The van der Waals surface area contributed by atoms with Gasteiger partial charge in [-0.25, -0.2) is 4.39 Å². The van der Waals surface area contributed by atoms with Gasteiger partial charge in [0.05, 0.1) is 0 Å². The number of para-hydroxylation sites is 1. The van der Waals surface area contributed by atoms with Crippen molar-refractivity contribution < 1.29 is 4.39 Å². The Morgan fingerprint density at radius 1 is 1.08 bits per heavy atom. The van der Waals surface area contributed by atoms with E-state index in [4.69, 9.17) is 11.6 Å². The first-order valence-corrected chi connectivity index (χ1v) is 9.08. The quantitative estimate of drug-likeness (QED) is 0.498. The van der Waals surface area contributed by atoms with Crippen LogP contribution in [0.2, 0.25) is 5.02 Å². The second kappa shape index (κ2) is 6.93. The largest absolute Gasteiger partial charge is 0.300 e. The highest BCUT2D eigenvalue weighted by Crippen LogP contribution is 2.26. The van der Waals surface area contributed by atoms with E-state index in [9.17, 15) is 9.18 Å². The van der Waals surface area contributed by atoms with Gasteiger partial charge in [-0.1, -0.05) is 47.6 Å². The monoisotopic (exact) mass is 386 g/mol. The van der Waals surface area contributed by atoms with Crippen LogP contribution in [0.1, 0.15) is 5.56 Å². The summed E-state index contributed by atoms with van der Waals surface area (Å²) in [6, 6.07) is 13.6. The van der Waals surface area contributed by atoms with Crippen LogP contribution in [-0.2, 0) is 5.75 Å². The van der Waals surface area contributed by atoms with Gasteiger partial charge >= 0.3 is 5.56 Å². The summed E-state index contributed by atoms with van der Waals surface area (Å²) >= 11 is 7.43. The topological polar surface area (TPSA) is 52.2 Å². The number of fused-ring (bicyclic) bond motifs is 1. The Kier molecular flexibility index (Phi) is 4.48. The second-order valence-electron chi connectivity index (χ2n) is 5.51. The third kappa shape index (κ3) is 3.11. The van der Waals surface area contributed by atoms with Crippen LogP contribution in [0, 0.1) is 5.82 Å². The molecule has 8 heteroatoms. The highest BCUT2D eigenvalue weighted by atomic mass is 35.5. The molecule has 0 bridgehead atoms. The maximum atomic E-state index is 13.1. The number of thioether (sulfide) groups is 1. The number of benzene rings is 2. The van der Waals surface area contributed by atoms with Crippen LogP contribution >= 0.6 is 23.4 Å². The first kappa shape index (κ1) is 16.8. The van der Waals surface area contributed by atoms with E-state index in [1.165, 1.54) is 28.5 Å². The maximum absolute atomic E-state index is 13.1. The fraction of sp³-hybridized carbons (Fsp3) is 0.0556. The van der Waals surface area contributed by atoms with Crippen molar-refractivity contribution in [2.75, 3.05) is 0 Å². The van der Waals surface area contributed by atoms with Gasteiger partial charge < -0.3 is 0 Å². The van der Waals surface area contributed by atoms with Gasteiger partial charge in [0.1, 0.15) is 5.82 Å². The standard InChI is InChI=1S/C18H12ClFN4OS/c19-15-10-13(20)7-6-12(15)11-26-18-22-21-16-17(25)23(8-9-24(16)18)14-4-2-1-3-5-14/h1-10H,11H2. The van der Waals surface area contributed by atoms with Gasteiger partial charge in [-0.05, 0) is 29.8 Å². The number of halogens is 2. The van der Waals surface area contributed by atoms with Crippen molar-refractivity contribution in [2.24, 2.45) is 0 Å². The Morgan fingerprint density at radius 2 is 1.88 bits per heavy atom. The van der Waals surface area contributed by atoms with Crippen LogP contribution in [0.3, 0.4) is 0 Å². The third-order valence-electron chi connectivity index (χ3n) is 3.85. The smallest absolute Gasteiger partial charge is 0.280 e. The van der Waals surface area contributed by atoms with Crippen molar-refractivity contribution in [2.45, 2.75) is 10.9 Å². The van der Waals surface area contributed by atoms with Crippen molar-refractivity contribution in [3.05, 3.63) is 87.7 Å². The van der Waals surface area contributed by atoms with E-state index in [0.29, 0.717) is 15.9 Å². The van der Waals surface area contributed by atoms with E-state index in [-0.39, 0.29) is 17.0 Å². The van der Waals surface area contributed by atoms with E-state index >= 15 is 0 Å². The molecule has 0 unspecified atom stereocenters. The molecule has 0 atom stereocenters. The Morgan fingerprint density at radius 3 is 2.65 bits per heavy atom. The lowest BCUT2D eigenvalue weighted by molar-refractivity contribution is 0.627. The lowest BCUT2D eigenvalue weighted by atomic mass is 10.2. The SMILES string of the molecule is O=c1c2nnc(SCc3ccc(F)cc3Cl)n2ccn1-c1ccccc1. The number of hydrogen-bond acceptors (Lipinski definition) is 4. The molecular weight excluding hydrogens is 375 g/mol. The first-order chi connectivity index (χ1) is 12.6. The number of rotatable bonds is 4. The van der Waals surface area contributed by atoms with E-state index in [2.05, 4.69) is 10.2 Å². The average Bonchev–Trinajstić information content (AvgIpc) is 3.06.